The van der Waals surface area contributed by atoms with Gasteiger partial charge in [0.15, 0.2) is 0 Å². The van der Waals surface area contributed by atoms with Crippen LogP contribution in [0.15, 0.2) is 30.3 Å². The molecule has 3 nitrogen and oxygen atoms in total. The second kappa shape index (κ2) is 3.81. The summed E-state index contributed by atoms with van der Waals surface area (Å²) in [5.74, 6) is 0. The van der Waals surface area contributed by atoms with Crippen LogP contribution in [0.2, 0.25) is 0 Å². The summed E-state index contributed by atoms with van der Waals surface area (Å²) in [5, 5.41) is 7.86. The van der Waals surface area contributed by atoms with Crippen LogP contribution in [0.25, 0.3) is 0 Å². The van der Waals surface area contributed by atoms with E-state index in [1.165, 1.54) is 18.4 Å². The molecule has 1 N–H and O–H groups in total. The van der Waals surface area contributed by atoms with Crippen molar-refractivity contribution in [2.24, 2.45) is 0 Å². The van der Waals surface area contributed by atoms with E-state index in [0.29, 0.717) is 12.1 Å². The normalized spacial score (nSPS) is 28.8. The number of rotatable bonds is 1. The van der Waals surface area contributed by atoms with Gasteiger partial charge in [0.2, 0.25) is 0 Å². The highest BCUT2D eigenvalue weighted by atomic mass is 16.5. The van der Waals surface area contributed by atoms with Crippen molar-refractivity contribution in [1.29, 1.82) is 5.41 Å². The largest absolute Gasteiger partial charge is 0.455 e. The van der Waals surface area contributed by atoms with Gasteiger partial charge >= 0.3 is 0 Å². The first-order valence-electron chi connectivity index (χ1n) is 5.93. The molecule has 1 aromatic rings. The highest BCUT2D eigenvalue weighted by Gasteiger charge is 2.41. The number of amidine groups is 1. The van der Waals surface area contributed by atoms with Gasteiger partial charge in [0, 0.05) is 6.54 Å². The first kappa shape index (κ1) is 9.70. The van der Waals surface area contributed by atoms with Crippen molar-refractivity contribution < 1.29 is 4.74 Å². The fraction of sp³-hybridized carbons (Fsp3) is 0.462. The Morgan fingerprint density at radius 2 is 2.00 bits per heavy atom. The van der Waals surface area contributed by atoms with Gasteiger partial charge in [-0.2, -0.15) is 0 Å². The van der Waals surface area contributed by atoms with E-state index in [2.05, 4.69) is 17.0 Å². The number of ether oxygens (including phenoxy) is 1. The van der Waals surface area contributed by atoms with Gasteiger partial charge in [-0.15, -0.1) is 0 Å². The topological polar surface area (TPSA) is 36.3 Å². The molecule has 0 spiro atoms. The molecule has 2 heterocycles. The summed E-state index contributed by atoms with van der Waals surface area (Å²) in [4.78, 5) is 2.11. The predicted molar refractivity (Wildman–Crippen MR) is 62.3 cm³/mol. The molecule has 3 rings (SSSR count). The number of nitrogens with zero attached hydrogens (tertiary/aromatic N) is 1. The molecule has 2 aliphatic heterocycles. The van der Waals surface area contributed by atoms with Crippen molar-refractivity contribution in [3.63, 3.8) is 0 Å². The second-order valence-electron chi connectivity index (χ2n) is 4.51. The van der Waals surface area contributed by atoms with E-state index in [0.717, 1.165) is 13.0 Å². The van der Waals surface area contributed by atoms with Crippen LogP contribution in [0, 0.1) is 5.41 Å². The third-order valence-corrected chi connectivity index (χ3v) is 3.53. The fourth-order valence-corrected chi connectivity index (χ4v) is 2.72. The zero-order chi connectivity index (χ0) is 11.0. The van der Waals surface area contributed by atoms with E-state index in [1.807, 2.05) is 18.2 Å². The smallest absolute Gasteiger partial charge is 0.285 e. The van der Waals surface area contributed by atoms with Crippen LogP contribution in [0.4, 0.5) is 0 Å². The Balaban J connectivity index is 1.89. The van der Waals surface area contributed by atoms with Gasteiger partial charge in [-0.1, -0.05) is 30.3 Å². The molecule has 0 aliphatic carbocycles. The maximum atomic E-state index is 7.86. The Hall–Kier alpha value is -1.51. The van der Waals surface area contributed by atoms with Crippen molar-refractivity contribution in [3.05, 3.63) is 35.9 Å². The van der Waals surface area contributed by atoms with Crippen LogP contribution in [-0.2, 0) is 4.74 Å². The second-order valence-corrected chi connectivity index (χ2v) is 4.51. The Morgan fingerprint density at radius 3 is 2.81 bits per heavy atom. The first-order chi connectivity index (χ1) is 7.86. The molecule has 16 heavy (non-hydrogen) atoms. The van der Waals surface area contributed by atoms with E-state index in [-0.39, 0.29) is 6.10 Å². The van der Waals surface area contributed by atoms with Gasteiger partial charge in [-0.25, -0.2) is 0 Å². The van der Waals surface area contributed by atoms with Gasteiger partial charge in [0.25, 0.3) is 6.02 Å². The molecule has 0 amide bonds. The summed E-state index contributed by atoms with van der Waals surface area (Å²) in [7, 11) is 0. The SMILES string of the molecule is N=C1OC(c2ccccc2)C2CCCCN12. The maximum Gasteiger partial charge on any atom is 0.285 e. The predicted octanol–water partition coefficient (Wildman–Crippen LogP) is 2.55. The highest BCUT2D eigenvalue weighted by Crippen LogP contribution is 2.37. The molecule has 2 aliphatic rings. The summed E-state index contributed by atoms with van der Waals surface area (Å²) in [6, 6.07) is 11.0. The number of piperidine rings is 1. The van der Waals surface area contributed by atoms with E-state index >= 15 is 0 Å². The van der Waals surface area contributed by atoms with Gasteiger partial charge in [0.05, 0.1) is 6.04 Å². The molecule has 3 heteroatoms. The number of hydrogen-bond acceptors (Lipinski definition) is 2. The highest BCUT2D eigenvalue weighted by molar-refractivity contribution is 5.73. The van der Waals surface area contributed by atoms with Crippen molar-refractivity contribution in [2.45, 2.75) is 31.4 Å². The van der Waals surface area contributed by atoms with E-state index in [4.69, 9.17) is 10.1 Å². The zero-order valence-corrected chi connectivity index (χ0v) is 9.23. The summed E-state index contributed by atoms with van der Waals surface area (Å²) >= 11 is 0. The lowest BCUT2D eigenvalue weighted by Crippen LogP contribution is -2.38. The van der Waals surface area contributed by atoms with Crippen LogP contribution in [0.3, 0.4) is 0 Å². The van der Waals surface area contributed by atoms with Crippen LogP contribution in [0.5, 0.6) is 0 Å². The summed E-state index contributed by atoms with van der Waals surface area (Å²) in [6.45, 7) is 0.979. The minimum Gasteiger partial charge on any atom is -0.455 e. The van der Waals surface area contributed by atoms with Crippen LogP contribution < -0.4 is 0 Å². The number of fused-ring (bicyclic) bond motifs is 1. The van der Waals surface area contributed by atoms with Gasteiger partial charge in [0.1, 0.15) is 6.10 Å². The molecule has 0 radical (unpaired) electrons. The lowest BCUT2D eigenvalue weighted by molar-refractivity contribution is 0.167. The van der Waals surface area contributed by atoms with Crippen molar-refractivity contribution in [3.8, 4) is 0 Å². The summed E-state index contributed by atoms with van der Waals surface area (Å²) < 4.78 is 5.70. The quantitative estimate of drug-likeness (QED) is 0.783. The standard InChI is InChI=1S/C13H16N2O/c14-13-15-9-5-4-8-11(15)12(16-13)10-6-2-1-3-7-10/h1-3,6-7,11-12,14H,4-5,8-9H2. The molecule has 1 aromatic carbocycles. The number of benzene rings is 1. The minimum absolute atomic E-state index is 0.0639. The average Bonchev–Trinajstić information content (AvgIpc) is 2.69. The van der Waals surface area contributed by atoms with Crippen LogP contribution in [-0.4, -0.2) is 23.5 Å². The first-order valence-corrected chi connectivity index (χ1v) is 5.93. The Labute approximate surface area is 95.5 Å². The van der Waals surface area contributed by atoms with Crippen molar-refractivity contribution in [2.75, 3.05) is 6.54 Å². The van der Waals surface area contributed by atoms with Crippen LogP contribution >= 0.6 is 0 Å². The average molecular weight is 216 g/mol. The Kier molecular flexibility index (Phi) is 2.31. The van der Waals surface area contributed by atoms with Gasteiger partial charge in [-0.3, -0.25) is 5.41 Å². The molecule has 0 aromatic heterocycles. The number of nitrogens with one attached hydrogen (secondary N) is 1. The molecular weight excluding hydrogens is 200 g/mol. The minimum atomic E-state index is 0.0639. The fourth-order valence-electron chi connectivity index (χ4n) is 2.72. The molecule has 2 saturated heterocycles. The summed E-state index contributed by atoms with van der Waals surface area (Å²) in [6.07, 6.45) is 3.64. The van der Waals surface area contributed by atoms with Crippen molar-refractivity contribution in [1.82, 2.24) is 4.90 Å². The zero-order valence-electron chi connectivity index (χ0n) is 9.23. The lowest BCUT2D eigenvalue weighted by atomic mass is 9.94. The molecule has 2 fully saturated rings. The van der Waals surface area contributed by atoms with Crippen LogP contribution in [0.1, 0.15) is 30.9 Å². The molecule has 0 saturated carbocycles. The van der Waals surface area contributed by atoms with E-state index in [9.17, 15) is 0 Å². The Bertz CT molecular complexity index is 390. The maximum absolute atomic E-state index is 7.86. The summed E-state index contributed by atoms with van der Waals surface area (Å²) in [5.41, 5.74) is 1.20. The van der Waals surface area contributed by atoms with Gasteiger partial charge < -0.3 is 9.64 Å². The number of hydrogen-bond donors (Lipinski definition) is 1. The Morgan fingerprint density at radius 1 is 1.19 bits per heavy atom. The molecule has 2 unspecified atom stereocenters. The third kappa shape index (κ3) is 1.47. The monoisotopic (exact) mass is 216 g/mol. The van der Waals surface area contributed by atoms with E-state index < -0.39 is 0 Å². The molecule has 0 bridgehead atoms. The lowest BCUT2D eigenvalue weighted by Gasteiger charge is -2.29. The van der Waals surface area contributed by atoms with Crippen molar-refractivity contribution >= 4 is 6.02 Å². The molecule has 84 valence electrons. The van der Waals surface area contributed by atoms with Gasteiger partial charge in [-0.05, 0) is 24.8 Å². The third-order valence-electron chi connectivity index (χ3n) is 3.53. The molecule has 2 atom stereocenters. The van der Waals surface area contributed by atoms with E-state index in [1.54, 1.807) is 0 Å². The molecular formula is C13H16N2O.